The molecule has 3 aromatic carbocycles. The molecular weight excluding hydrogens is 391 g/mol. The molecule has 0 atom stereocenters. The highest BCUT2D eigenvalue weighted by Gasteiger charge is 2.28. The number of anilines is 2. The molecule has 0 aliphatic heterocycles. The second-order valence-electron chi connectivity index (χ2n) is 6.47. The fraction of sp³-hybridized carbons (Fsp3) is 0.136. The third-order valence-electron chi connectivity index (χ3n) is 4.37. The van der Waals surface area contributed by atoms with E-state index in [1.165, 1.54) is 6.07 Å². The Morgan fingerprint density at radius 2 is 1.72 bits per heavy atom. The first-order valence-electron chi connectivity index (χ1n) is 9.08. The number of amides is 1. The molecule has 0 spiro atoms. The highest BCUT2D eigenvalue weighted by atomic mass is 32.2. The van der Waals surface area contributed by atoms with Gasteiger partial charge in [0.05, 0.1) is 5.69 Å². The van der Waals surface area contributed by atoms with E-state index in [4.69, 9.17) is 0 Å². The highest BCUT2D eigenvalue weighted by molar-refractivity contribution is 7.92. The van der Waals surface area contributed by atoms with Crippen molar-refractivity contribution in [2.45, 2.75) is 18.7 Å². The number of para-hydroxylation sites is 1. The van der Waals surface area contributed by atoms with Crippen LogP contribution in [0.25, 0.3) is 0 Å². The summed E-state index contributed by atoms with van der Waals surface area (Å²) in [5, 5.41) is 2.70. The zero-order chi connectivity index (χ0) is 21.0. The Balaban J connectivity index is 1.96. The van der Waals surface area contributed by atoms with Crippen LogP contribution < -0.4 is 9.62 Å². The van der Waals surface area contributed by atoms with Gasteiger partial charge in [-0.2, -0.15) is 0 Å². The van der Waals surface area contributed by atoms with E-state index in [0.717, 1.165) is 22.0 Å². The van der Waals surface area contributed by atoms with Crippen molar-refractivity contribution in [3.05, 3.63) is 89.7 Å². The van der Waals surface area contributed by atoms with Crippen molar-refractivity contribution in [2.75, 3.05) is 16.2 Å². The molecule has 3 aromatic rings. The summed E-state index contributed by atoms with van der Waals surface area (Å²) in [4.78, 5) is 12.0. The molecule has 0 aliphatic rings. The predicted molar refractivity (Wildman–Crippen MR) is 112 cm³/mol. The van der Waals surface area contributed by atoms with Crippen LogP contribution in [0.3, 0.4) is 0 Å². The molecule has 0 bridgehead atoms. The van der Waals surface area contributed by atoms with Gasteiger partial charge in [-0.15, -0.1) is 0 Å². The smallest absolute Gasteiger partial charge is 0.267 e. The average molecular weight is 412 g/mol. The van der Waals surface area contributed by atoms with E-state index in [9.17, 15) is 17.6 Å². The minimum atomic E-state index is -4.19. The van der Waals surface area contributed by atoms with Crippen molar-refractivity contribution < 1.29 is 17.6 Å². The third-order valence-corrected chi connectivity index (χ3v) is 6.29. The van der Waals surface area contributed by atoms with E-state index in [-0.39, 0.29) is 12.1 Å². The number of carbonyl (C=O) groups excluding carboxylic acids is 1. The number of sulfonamides is 1. The Hall–Kier alpha value is -3.19. The summed E-state index contributed by atoms with van der Waals surface area (Å²) in [5.41, 5.74) is 2.01. The molecule has 5 nitrogen and oxygen atoms in total. The van der Waals surface area contributed by atoms with Crippen molar-refractivity contribution >= 4 is 27.3 Å². The number of nitrogens with one attached hydrogen (secondary N) is 1. The van der Waals surface area contributed by atoms with Gasteiger partial charge in [-0.1, -0.05) is 30.3 Å². The number of rotatable bonds is 6. The lowest BCUT2D eigenvalue weighted by Gasteiger charge is -2.23. The van der Waals surface area contributed by atoms with E-state index >= 15 is 0 Å². The molecule has 0 saturated heterocycles. The van der Waals surface area contributed by atoms with E-state index in [2.05, 4.69) is 5.32 Å². The van der Waals surface area contributed by atoms with Crippen molar-refractivity contribution in [2.24, 2.45) is 0 Å². The molecule has 150 valence electrons. The number of halogens is 1. The van der Waals surface area contributed by atoms with Gasteiger partial charge in [-0.05, 0) is 61.9 Å². The van der Waals surface area contributed by atoms with Gasteiger partial charge in [-0.25, -0.2) is 12.8 Å². The lowest BCUT2D eigenvalue weighted by Crippen LogP contribution is -2.31. The molecule has 7 heteroatoms. The first kappa shape index (κ1) is 20.5. The van der Waals surface area contributed by atoms with Gasteiger partial charge < -0.3 is 5.32 Å². The zero-order valence-corrected chi connectivity index (χ0v) is 16.9. The van der Waals surface area contributed by atoms with Gasteiger partial charge in [0.1, 0.15) is 10.7 Å². The summed E-state index contributed by atoms with van der Waals surface area (Å²) in [7, 11) is -4.19. The maximum Gasteiger partial charge on any atom is 0.267 e. The number of hydrogen-bond donors (Lipinski definition) is 1. The highest BCUT2D eigenvalue weighted by Crippen LogP contribution is 2.26. The van der Waals surface area contributed by atoms with Crippen molar-refractivity contribution in [3.63, 3.8) is 0 Å². The van der Waals surface area contributed by atoms with E-state index < -0.39 is 26.6 Å². The topological polar surface area (TPSA) is 66.5 Å². The van der Waals surface area contributed by atoms with Crippen LogP contribution in [0.2, 0.25) is 0 Å². The van der Waals surface area contributed by atoms with Gasteiger partial charge in [0.25, 0.3) is 15.9 Å². The molecule has 0 aromatic heterocycles. The standard InChI is InChI=1S/C22H21FN2O3S/c1-3-25(19-10-5-4-6-11-19)29(27,28)21-15-17(12-13-20(21)23)22(26)24-18-9-7-8-16(2)14-18/h4-15H,3H2,1-2H3,(H,24,26). The number of aryl methyl sites for hydroxylation is 1. The second kappa shape index (κ2) is 8.45. The Morgan fingerprint density at radius 3 is 2.38 bits per heavy atom. The van der Waals surface area contributed by atoms with Crippen LogP contribution in [0, 0.1) is 12.7 Å². The third kappa shape index (κ3) is 4.46. The molecule has 29 heavy (non-hydrogen) atoms. The maximum atomic E-state index is 14.5. The number of carbonyl (C=O) groups is 1. The molecule has 3 rings (SSSR count). The second-order valence-corrected chi connectivity index (χ2v) is 8.30. The molecular formula is C22H21FN2O3S. The first-order chi connectivity index (χ1) is 13.8. The van der Waals surface area contributed by atoms with Crippen LogP contribution in [0.15, 0.2) is 77.7 Å². The van der Waals surface area contributed by atoms with E-state index in [0.29, 0.717) is 11.4 Å². The minimum Gasteiger partial charge on any atom is -0.322 e. The van der Waals surface area contributed by atoms with Crippen LogP contribution in [0.1, 0.15) is 22.8 Å². The lowest BCUT2D eigenvalue weighted by molar-refractivity contribution is 0.102. The fourth-order valence-corrected chi connectivity index (χ4v) is 4.54. The Labute approximate surface area is 169 Å². The molecule has 1 N–H and O–H groups in total. The molecule has 0 fully saturated rings. The van der Waals surface area contributed by atoms with E-state index in [1.54, 1.807) is 55.5 Å². The summed E-state index contributed by atoms with van der Waals surface area (Å²) in [6, 6.07) is 19.0. The van der Waals surface area contributed by atoms with Gasteiger partial charge in [0.15, 0.2) is 0 Å². The predicted octanol–water partition coefficient (Wildman–Crippen LogP) is 4.60. The maximum absolute atomic E-state index is 14.5. The fourth-order valence-electron chi connectivity index (χ4n) is 2.97. The van der Waals surface area contributed by atoms with Crippen LogP contribution in [-0.2, 0) is 10.0 Å². The molecule has 0 saturated carbocycles. The van der Waals surface area contributed by atoms with Crippen molar-refractivity contribution in [1.82, 2.24) is 0 Å². The summed E-state index contributed by atoms with van der Waals surface area (Å²) >= 11 is 0. The van der Waals surface area contributed by atoms with Gasteiger partial charge in [-0.3, -0.25) is 9.10 Å². The minimum absolute atomic E-state index is 0.0515. The quantitative estimate of drug-likeness (QED) is 0.643. The largest absolute Gasteiger partial charge is 0.322 e. The Bertz CT molecular complexity index is 1130. The summed E-state index contributed by atoms with van der Waals surface area (Å²) in [6.07, 6.45) is 0. The lowest BCUT2D eigenvalue weighted by atomic mass is 10.2. The van der Waals surface area contributed by atoms with Crippen LogP contribution >= 0.6 is 0 Å². The van der Waals surface area contributed by atoms with Gasteiger partial charge in [0.2, 0.25) is 0 Å². The van der Waals surface area contributed by atoms with Crippen LogP contribution in [-0.4, -0.2) is 20.9 Å². The number of hydrogen-bond acceptors (Lipinski definition) is 3. The molecule has 0 heterocycles. The Morgan fingerprint density at radius 1 is 1.00 bits per heavy atom. The van der Waals surface area contributed by atoms with Gasteiger partial charge in [0, 0.05) is 17.8 Å². The first-order valence-corrected chi connectivity index (χ1v) is 10.5. The van der Waals surface area contributed by atoms with Crippen LogP contribution in [0.4, 0.5) is 15.8 Å². The summed E-state index contributed by atoms with van der Waals surface area (Å²) in [5.74, 6) is -1.43. The molecule has 1 amide bonds. The summed E-state index contributed by atoms with van der Waals surface area (Å²) < 4.78 is 41.8. The molecule has 0 radical (unpaired) electrons. The van der Waals surface area contributed by atoms with Gasteiger partial charge >= 0.3 is 0 Å². The molecule has 0 aliphatic carbocycles. The van der Waals surface area contributed by atoms with Crippen molar-refractivity contribution in [3.8, 4) is 0 Å². The number of nitrogens with zero attached hydrogens (tertiary/aromatic N) is 1. The SMILES string of the molecule is CCN(c1ccccc1)S(=O)(=O)c1cc(C(=O)Nc2cccc(C)c2)ccc1F. The average Bonchev–Trinajstić information content (AvgIpc) is 2.69. The normalized spacial score (nSPS) is 11.1. The zero-order valence-electron chi connectivity index (χ0n) is 16.1. The molecule has 0 unspecified atom stereocenters. The van der Waals surface area contributed by atoms with Crippen molar-refractivity contribution in [1.29, 1.82) is 0 Å². The number of benzene rings is 3. The van der Waals surface area contributed by atoms with E-state index in [1.807, 2.05) is 13.0 Å². The Kier molecular flexibility index (Phi) is 5.98. The van der Waals surface area contributed by atoms with Crippen LogP contribution in [0.5, 0.6) is 0 Å². The summed E-state index contributed by atoms with van der Waals surface area (Å²) in [6.45, 7) is 3.67. The monoisotopic (exact) mass is 412 g/mol.